The lowest BCUT2D eigenvalue weighted by atomic mass is 10.2. The number of nitrogens with zero attached hydrogens (tertiary/aromatic N) is 2. The van der Waals surface area contributed by atoms with Gasteiger partial charge in [0.15, 0.2) is 0 Å². The van der Waals surface area contributed by atoms with E-state index in [0.717, 1.165) is 29.7 Å². The van der Waals surface area contributed by atoms with Gasteiger partial charge in [-0.25, -0.2) is 0 Å². The van der Waals surface area contributed by atoms with Gasteiger partial charge >= 0.3 is 0 Å². The van der Waals surface area contributed by atoms with Gasteiger partial charge in [0.25, 0.3) is 0 Å². The van der Waals surface area contributed by atoms with Gasteiger partial charge in [-0.1, -0.05) is 18.2 Å². The molecule has 0 aromatic heterocycles. The van der Waals surface area contributed by atoms with Gasteiger partial charge in [0.2, 0.25) is 0 Å². The molecule has 0 unspecified atom stereocenters. The van der Waals surface area contributed by atoms with E-state index in [9.17, 15) is 0 Å². The van der Waals surface area contributed by atoms with Crippen LogP contribution in [-0.2, 0) is 0 Å². The number of nitriles is 1. The zero-order valence-electron chi connectivity index (χ0n) is 12.0. The van der Waals surface area contributed by atoms with Crippen molar-refractivity contribution in [2.24, 2.45) is 0 Å². The van der Waals surface area contributed by atoms with E-state index in [-0.39, 0.29) is 0 Å². The van der Waals surface area contributed by atoms with E-state index in [1.54, 1.807) is 0 Å². The Morgan fingerprint density at radius 2 is 1.95 bits per heavy atom. The van der Waals surface area contributed by atoms with Gasteiger partial charge in [-0.2, -0.15) is 5.26 Å². The van der Waals surface area contributed by atoms with Gasteiger partial charge in [0.05, 0.1) is 11.6 Å². The van der Waals surface area contributed by atoms with E-state index in [0.29, 0.717) is 5.56 Å². The Morgan fingerprint density at radius 1 is 1.19 bits per heavy atom. The quantitative estimate of drug-likeness (QED) is 0.796. The highest BCUT2D eigenvalue weighted by Gasteiger charge is 2.02. The second kappa shape index (κ2) is 7.70. The normalized spacial score (nSPS) is 9.95. The van der Waals surface area contributed by atoms with Crippen LogP contribution in [0.15, 0.2) is 53.0 Å². The molecule has 0 aliphatic carbocycles. The fourth-order valence-corrected chi connectivity index (χ4v) is 2.60. The smallest absolute Gasteiger partial charge is 0.0992 e. The van der Waals surface area contributed by atoms with Crippen molar-refractivity contribution in [1.82, 2.24) is 0 Å². The highest BCUT2D eigenvalue weighted by Crippen LogP contribution is 2.23. The first-order valence-electron chi connectivity index (χ1n) is 6.90. The first kappa shape index (κ1) is 15.4. The number of nitrogens with one attached hydrogen (secondary N) is 1. The Labute approximate surface area is 134 Å². The fraction of sp³-hybridized carbons (Fsp3) is 0.235. The summed E-state index contributed by atoms with van der Waals surface area (Å²) in [5, 5.41) is 12.2. The summed E-state index contributed by atoms with van der Waals surface area (Å²) in [6.45, 7) is 1.88. The first-order valence-corrected chi connectivity index (χ1v) is 7.69. The van der Waals surface area contributed by atoms with Crippen LogP contribution in [0.25, 0.3) is 0 Å². The molecule has 0 aliphatic heterocycles. The average molecular weight is 344 g/mol. The molecule has 0 saturated carbocycles. The Hall–Kier alpha value is -1.99. The van der Waals surface area contributed by atoms with Crippen molar-refractivity contribution < 1.29 is 0 Å². The Balaban J connectivity index is 1.79. The molecule has 0 radical (unpaired) electrons. The van der Waals surface area contributed by atoms with Crippen molar-refractivity contribution in [2.45, 2.75) is 6.42 Å². The maximum Gasteiger partial charge on any atom is 0.0992 e. The molecule has 0 aliphatic rings. The van der Waals surface area contributed by atoms with Gasteiger partial charge in [-0.05, 0) is 52.7 Å². The lowest BCUT2D eigenvalue weighted by molar-refractivity contribution is 0.816. The topological polar surface area (TPSA) is 39.1 Å². The Bertz CT molecular complexity index is 620. The maximum atomic E-state index is 8.84. The Kier molecular flexibility index (Phi) is 5.65. The third kappa shape index (κ3) is 4.51. The molecule has 108 valence electrons. The summed E-state index contributed by atoms with van der Waals surface area (Å²) in [5.41, 5.74) is 2.92. The summed E-state index contributed by atoms with van der Waals surface area (Å²) in [6, 6.07) is 18.1. The second-order valence-corrected chi connectivity index (χ2v) is 5.70. The number of hydrogen-bond donors (Lipinski definition) is 1. The standard InChI is InChI=1S/C17H18BrN3/c1-21(15-6-3-2-4-7-15)11-5-10-20-17-9-8-14(13-19)12-16(17)18/h2-4,6-9,12,20H,5,10-11H2,1H3. The van der Waals surface area contributed by atoms with E-state index in [1.165, 1.54) is 5.69 Å². The molecule has 0 fully saturated rings. The van der Waals surface area contributed by atoms with Crippen molar-refractivity contribution in [3.63, 3.8) is 0 Å². The third-order valence-corrected chi connectivity index (χ3v) is 3.94. The maximum absolute atomic E-state index is 8.84. The predicted molar refractivity (Wildman–Crippen MR) is 91.7 cm³/mol. The summed E-state index contributed by atoms with van der Waals surface area (Å²) in [5.74, 6) is 0. The van der Waals surface area contributed by atoms with Gasteiger partial charge in [0.1, 0.15) is 0 Å². The summed E-state index contributed by atoms with van der Waals surface area (Å²) in [6.07, 6.45) is 1.04. The summed E-state index contributed by atoms with van der Waals surface area (Å²) >= 11 is 3.48. The molecule has 2 aromatic carbocycles. The van der Waals surface area contributed by atoms with Gasteiger partial charge in [0, 0.05) is 36.0 Å². The average Bonchev–Trinajstić information content (AvgIpc) is 2.53. The molecule has 1 N–H and O–H groups in total. The van der Waals surface area contributed by atoms with Crippen LogP contribution >= 0.6 is 15.9 Å². The third-order valence-electron chi connectivity index (χ3n) is 3.28. The largest absolute Gasteiger partial charge is 0.384 e. The number of benzene rings is 2. The molecule has 2 rings (SSSR count). The molecule has 0 saturated heterocycles. The molecule has 2 aromatic rings. The molecule has 3 nitrogen and oxygen atoms in total. The lowest BCUT2D eigenvalue weighted by Crippen LogP contribution is -2.20. The fourth-order valence-electron chi connectivity index (χ4n) is 2.08. The summed E-state index contributed by atoms with van der Waals surface area (Å²) < 4.78 is 0.929. The van der Waals surface area contributed by atoms with Crippen molar-refractivity contribution in [3.8, 4) is 6.07 Å². The first-order chi connectivity index (χ1) is 10.2. The zero-order chi connectivity index (χ0) is 15.1. The van der Waals surface area contributed by atoms with Gasteiger partial charge in [-0.15, -0.1) is 0 Å². The molecular weight excluding hydrogens is 326 g/mol. The number of anilines is 2. The molecule has 21 heavy (non-hydrogen) atoms. The predicted octanol–water partition coefficient (Wildman–Crippen LogP) is 4.26. The van der Waals surface area contributed by atoms with Crippen LogP contribution in [0.4, 0.5) is 11.4 Å². The van der Waals surface area contributed by atoms with Crippen LogP contribution in [0.1, 0.15) is 12.0 Å². The number of para-hydroxylation sites is 1. The van der Waals surface area contributed by atoms with E-state index in [4.69, 9.17) is 5.26 Å². The molecule has 4 heteroatoms. The van der Waals surface area contributed by atoms with E-state index < -0.39 is 0 Å². The van der Waals surface area contributed by atoms with Crippen LogP contribution in [-0.4, -0.2) is 20.1 Å². The van der Waals surface area contributed by atoms with Crippen LogP contribution < -0.4 is 10.2 Å². The molecule has 0 atom stereocenters. The molecule has 0 bridgehead atoms. The van der Waals surface area contributed by atoms with E-state index in [1.807, 2.05) is 24.3 Å². The SMILES string of the molecule is CN(CCCNc1ccc(C#N)cc1Br)c1ccccc1. The second-order valence-electron chi connectivity index (χ2n) is 4.84. The lowest BCUT2D eigenvalue weighted by Gasteiger charge is -2.19. The van der Waals surface area contributed by atoms with Crippen LogP contribution in [0.2, 0.25) is 0 Å². The highest BCUT2D eigenvalue weighted by molar-refractivity contribution is 9.10. The zero-order valence-corrected chi connectivity index (χ0v) is 13.6. The Morgan fingerprint density at radius 3 is 2.62 bits per heavy atom. The van der Waals surface area contributed by atoms with E-state index in [2.05, 4.69) is 63.5 Å². The summed E-state index contributed by atoms with van der Waals surface area (Å²) in [4.78, 5) is 2.25. The van der Waals surface area contributed by atoms with Crippen LogP contribution in [0.5, 0.6) is 0 Å². The van der Waals surface area contributed by atoms with Gasteiger partial charge < -0.3 is 10.2 Å². The van der Waals surface area contributed by atoms with Crippen molar-refractivity contribution >= 4 is 27.3 Å². The van der Waals surface area contributed by atoms with Crippen molar-refractivity contribution in [1.29, 1.82) is 5.26 Å². The van der Waals surface area contributed by atoms with Crippen LogP contribution in [0, 0.1) is 11.3 Å². The monoisotopic (exact) mass is 343 g/mol. The minimum atomic E-state index is 0.663. The molecule has 0 amide bonds. The number of rotatable bonds is 6. The molecule has 0 heterocycles. The molecule has 0 spiro atoms. The van der Waals surface area contributed by atoms with Gasteiger partial charge in [-0.3, -0.25) is 0 Å². The number of halogens is 1. The van der Waals surface area contributed by atoms with Crippen LogP contribution in [0.3, 0.4) is 0 Å². The minimum Gasteiger partial charge on any atom is -0.384 e. The highest BCUT2D eigenvalue weighted by atomic mass is 79.9. The van der Waals surface area contributed by atoms with Crippen molar-refractivity contribution in [3.05, 3.63) is 58.6 Å². The molecular formula is C17H18BrN3. The van der Waals surface area contributed by atoms with Crippen molar-refractivity contribution in [2.75, 3.05) is 30.4 Å². The minimum absolute atomic E-state index is 0.663. The van der Waals surface area contributed by atoms with E-state index >= 15 is 0 Å². The summed E-state index contributed by atoms with van der Waals surface area (Å²) in [7, 11) is 2.10. The number of hydrogen-bond acceptors (Lipinski definition) is 3.